The Morgan fingerprint density at radius 1 is 1.37 bits per heavy atom. The lowest BCUT2D eigenvalue weighted by Crippen LogP contribution is -2.23. The maximum absolute atomic E-state index is 13.5. The molecule has 0 spiro atoms. The maximum Gasteiger partial charge on any atom is 0.123 e. The van der Waals surface area contributed by atoms with E-state index >= 15 is 0 Å². The molecule has 2 rings (SSSR count). The first-order valence-corrected chi connectivity index (χ1v) is 6.57. The van der Waals surface area contributed by atoms with E-state index in [2.05, 4.69) is 17.3 Å². The third-order valence-electron chi connectivity index (χ3n) is 3.10. The zero-order valence-electron chi connectivity index (χ0n) is 11.7. The van der Waals surface area contributed by atoms with Crippen molar-refractivity contribution in [3.8, 4) is 0 Å². The van der Waals surface area contributed by atoms with E-state index < -0.39 is 0 Å². The number of likely N-dealkylation sites (N-methyl/N-ethyl adjacent to an activating group) is 1. The van der Waals surface area contributed by atoms with Gasteiger partial charge in [0, 0.05) is 25.7 Å². The summed E-state index contributed by atoms with van der Waals surface area (Å²) in [5.41, 5.74) is 2.93. The predicted octanol–water partition coefficient (Wildman–Crippen LogP) is 2.76. The summed E-state index contributed by atoms with van der Waals surface area (Å²) >= 11 is 0. The van der Waals surface area contributed by atoms with Crippen molar-refractivity contribution in [3.63, 3.8) is 0 Å². The van der Waals surface area contributed by atoms with Gasteiger partial charge in [0.2, 0.25) is 0 Å². The predicted molar refractivity (Wildman–Crippen MR) is 74.5 cm³/mol. The van der Waals surface area contributed by atoms with Crippen LogP contribution in [0.2, 0.25) is 0 Å². The third-order valence-corrected chi connectivity index (χ3v) is 3.10. The van der Waals surface area contributed by atoms with Gasteiger partial charge in [0.1, 0.15) is 5.82 Å². The molecule has 0 aliphatic rings. The number of aromatic nitrogens is 2. The smallest absolute Gasteiger partial charge is 0.123 e. The van der Waals surface area contributed by atoms with Crippen molar-refractivity contribution < 1.29 is 4.39 Å². The fourth-order valence-electron chi connectivity index (χ4n) is 2.30. The van der Waals surface area contributed by atoms with Gasteiger partial charge in [-0.05, 0) is 42.8 Å². The van der Waals surface area contributed by atoms with Gasteiger partial charge in [-0.1, -0.05) is 13.0 Å². The average Bonchev–Trinajstić information content (AvgIpc) is 2.73. The van der Waals surface area contributed by atoms with E-state index in [9.17, 15) is 4.39 Å². The van der Waals surface area contributed by atoms with E-state index in [4.69, 9.17) is 0 Å². The van der Waals surface area contributed by atoms with Crippen LogP contribution in [0.4, 0.5) is 4.39 Å². The van der Waals surface area contributed by atoms with Crippen LogP contribution in [0.3, 0.4) is 0 Å². The molecule has 3 nitrogen and oxygen atoms in total. The van der Waals surface area contributed by atoms with E-state index in [0.29, 0.717) is 0 Å². The van der Waals surface area contributed by atoms with Gasteiger partial charge in [-0.2, -0.15) is 5.10 Å². The fourth-order valence-corrected chi connectivity index (χ4v) is 2.30. The summed E-state index contributed by atoms with van der Waals surface area (Å²) in [5.74, 6) is -0.182. The van der Waals surface area contributed by atoms with Crippen LogP contribution in [-0.2, 0) is 13.5 Å². The molecule has 0 saturated carbocycles. The monoisotopic (exact) mass is 261 g/mol. The Balaban J connectivity index is 2.23. The molecule has 102 valence electrons. The molecule has 19 heavy (non-hydrogen) atoms. The first-order chi connectivity index (χ1) is 9.08. The van der Waals surface area contributed by atoms with Crippen molar-refractivity contribution in [2.24, 2.45) is 7.05 Å². The molecule has 1 aromatic carbocycles. The first kappa shape index (κ1) is 13.7. The Morgan fingerprint density at radius 2 is 2.16 bits per heavy atom. The molecule has 4 heteroatoms. The standard InChI is InChI=1S/C15H20FN3/c1-4-17-15(10-14-5-6-19(3)18-14)12-7-11(2)8-13(16)9-12/h5-9,15,17H,4,10H2,1-3H3. The van der Waals surface area contributed by atoms with Crippen molar-refractivity contribution in [3.05, 3.63) is 53.1 Å². The van der Waals surface area contributed by atoms with Crippen LogP contribution >= 0.6 is 0 Å². The van der Waals surface area contributed by atoms with Gasteiger partial charge in [-0.15, -0.1) is 0 Å². The minimum absolute atomic E-state index is 0.0919. The molecule has 0 amide bonds. The van der Waals surface area contributed by atoms with Crippen LogP contribution < -0.4 is 5.32 Å². The first-order valence-electron chi connectivity index (χ1n) is 6.57. The van der Waals surface area contributed by atoms with Crippen molar-refractivity contribution in [2.75, 3.05) is 6.54 Å². The Hall–Kier alpha value is -1.68. The lowest BCUT2D eigenvalue weighted by Gasteiger charge is -2.18. The summed E-state index contributed by atoms with van der Waals surface area (Å²) in [6.45, 7) is 4.81. The lowest BCUT2D eigenvalue weighted by atomic mass is 10.00. The van der Waals surface area contributed by atoms with Crippen LogP contribution in [0.5, 0.6) is 0 Å². The highest BCUT2D eigenvalue weighted by Crippen LogP contribution is 2.20. The number of hydrogen-bond donors (Lipinski definition) is 1. The number of hydrogen-bond acceptors (Lipinski definition) is 2. The molecule has 1 atom stereocenters. The molecular weight excluding hydrogens is 241 g/mol. The summed E-state index contributed by atoms with van der Waals surface area (Å²) in [5, 5.41) is 7.78. The maximum atomic E-state index is 13.5. The zero-order chi connectivity index (χ0) is 13.8. The summed E-state index contributed by atoms with van der Waals surface area (Å²) in [6.07, 6.45) is 2.69. The van der Waals surface area contributed by atoms with E-state index in [-0.39, 0.29) is 11.9 Å². The lowest BCUT2D eigenvalue weighted by molar-refractivity contribution is 0.533. The quantitative estimate of drug-likeness (QED) is 0.897. The second kappa shape index (κ2) is 5.97. The SMILES string of the molecule is CCNC(Cc1ccn(C)n1)c1cc(C)cc(F)c1. The van der Waals surface area contributed by atoms with Gasteiger partial charge in [-0.3, -0.25) is 4.68 Å². The van der Waals surface area contributed by atoms with Gasteiger partial charge in [0.15, 0.2) is 0 Å². The molecule has 0 aliphatic heterocycles. The van der Waals surface area contributed by atoms with Crippen LogP contribution in [0.25, 0.3) is 0 Å². The summed E-state index contributed by atoms with van der Waals surface area (Å²) < 4.78 is 15.3. The number of nitrogens with one attached hydrogen (secondary N) is 1. The van der Waals surface area contributed by atoms with Crippen molar-refractivity contribution in [2.45, 2.75) is 26.3 Å². The molecular formula is C15H20FN3. The van der Waals surface area contributed by atoms with E-state index in [1.54, 1.807) is 16.8 Å². The molecule has 0 saturated heterocycles. The molecule has 1 unspecified atom stereocenters. The molecule has 0 aliphatic carbocycles. The highest BCUT2D eigenvalue weighted by atomic mass is 19.1. The Morgan fingerprint density at radius 3 is 2.74 bits per heavy atom. The topological polar surface area (TPSA) is 29.9 Å². The van der Waals surface area contributed by atoms with E-state index in [1.807, 2.05) is 32.3 Å². The number of rotatable bonds is 5. The zero-order valence-corrected chi connectivity index (χ0v) is 11.7. The van der Waals surface area contributed by atoms with Crippen molar-refractivity contribution in [1.29, 1.82) is 0 Å². The Kier molecular flexibility index (Phi) is 4.32. The molecule has 0 fully saturated rings. The molecule has 1 N–H and O–H groups in total. The number of aryl methyl sites for hydroxylation is 2. The van der Waals surface area contributed by atoms with Crippen molar-refractivity contribution in [1.82, 2.24) is 15.1 Å². The fraction of sp³-hybridized carbons (Fsp3) is 0.400. The normalized spacial score (nSPS) is 12.6. The van der Waals surface area contributed by atoms with Gasteiger partial charge in [0.05, 0.1) is 5.69 Å². The highest BCUT2D eigenvalue weighted by molar-refractivity contribution is 5.27. The van der Waals surface area contributed by atoms with Crippen LogP contribution in [0.15, 0.2) is 30.5 Å². The van der Waals surface area contributed by atoms with Gasteiger partial charge < -0.3 is 5.32 Å². The summed E-state index contributed by atoms with van der Waals surface area (Å²) in [6, 6.07) is 7.26. The largest absolute Gasteiger partial charge is 0.310 e. The van der Waals surface area contributed by atoms with Crippen LogP contribution in [0.1, 0.15) is 29.8 Å². The van der Waals surface area contributed by atoms with Gasteiger partial charge in [-0.25, -0.2) is 4.39 Å². The summed E-state index contributed by atoms with van der Waals surface area (Å²) in [4.78, 5) is 0. The van der Waals surface area contributed by atoms with Crippen LogP contribution in [-0.4, -0.2) is 16.3 Å². The summed E-state index contributed by atoms with van der Waals surface area (Å²) in [7, 11) is 1.90. The second-order valence-electron chi connectivity index (χ2n) is 4.86. The van der Waals surface area contributed by atoms with Gasteiger partial charge >= 0.3 is 0 Å². The minimum atomic E-state index is -0.182. The third kappa shape index (κ3) is 3.64. The van der Waals surface area contributed by atoms with Gasteiger partial charge in [0.25, 0.3) is 0 Å². The molecule has 2 aromatic rings. The Bertz CT molecular complexity index is 528. The Labute approximate surface area is 113 Å². The van der Waals surface area contributed by atoms with E-state index in [0.717, 1.165) is 29.8 Å². The molecule has 0 bridgehead atoms. The molecule has 1 heterocycles. The number of nitrogens with zero attached hydrogens (tertiary/aromatic N) is 2. The molecule has 0 radical (unpaired) electrons. The average molecular weight is 261 g/mol. The number of benzene rings is 1. The van der Waals surface area contributed by atoms with Crippen molar-refractivity contribution >= 4 is 0 Å². The second-order valence-corrected chi connectivity index (χ2v) is 4.86. The van der Waals surface area contributed by atoms with Crippen LogP contribution in [0, 0.1) is 12.7 Å². The number of halogens is 1. The highest BCUT2D eigenvalue weighted by Gasteiger charge is 2.14. The minimum Gasteiger partial charge on any atom is -0.310 e. The van der Waals surface area contributed by atoms with E-state index in [1.165, 1.54) is 0 Å². The molecule has 1 aromatic heterocycles.